The summed E-state index contributed by atoms with van der Waals surface area (Å²) in [4.78, 5) is 15.6. The molecular weight excluding hydrogens is 274 g/mol. The Labute approximate surface area is 123 Å². The third kappa shape index (κ3) is 4.59. The standard InChI is InChI=1S/C14H21N3O2S/c1-3-9(2)16-13-7-10(14(18)19)6-12(17-13)15-8-20-11-4-5-11/h6-7,9,11H,3-5,8H2,1-2H3,(H,18,19)(H2,15,16,17)/t9-/m0/s1. The SMILES string of the molecule is CC[C@H](C)Nc1cc(C(=O)O)cc(NCSC2CC2)n1. The van der Waals surface area contributed by atoms with Crippen LogP contribution in [0.15, 0.2) is 12.1 Å². The molecule has 0 amide bonds. The van der Waals surface area contributed by atoms with Gasteiger partial charge in [0.1, 0.15) is 11.6 Å². The molecule has 1 atom stereocenters. The van der Waals surface area contributed by atoms with Gasteiger partial charge in [0.05, 0.1) is 11.4 Å². The lowest BCUT2D eigenvalue weighted by atomic mass is 10.2. The molecule has 1 fully saturated rings. The van der Waals surface area contributed by atoms with Crippen LogP contribution < -0.4 is 10.6 Å². The number of nitrogens with zero attached hydrogens (tertiary/aromatic N) is 1. The van der Waals surface area contributed by atoms with E-state index in [2.05, 4.69) is 22.5 Å². The number of anilines is 2. The second-order valence-electron chi connectivity index (χ2n) is 5.07. The quantitative estimate of drug-likeness (QED) is 0.639. The first-order valence-electron chi connectivity index (χ1n) is 6.96. The van der Waals surface area contributed by atoms with Crippen LogP contribution in [0.3, 0.4) is 0 Å². The molecule has 110 valence electrons. The van der Waals surface area contributed by atoms with Gasteiger partial charge in [-0.2, -0.15) is 0 Å². The van der Waals surface area contributed by atoms with Gasteiger partial charge in [-0.05, 0) is 38.3 Å². The molecule has 0 unspecified atom stereocenters. The van der Waals surface area contributed by atoms with Gasteiger partial charge >= 0.3 is 5.97 Å². The number of hydrogen-bond acceptors (Lipinski definition) is 5. The molecule has 0 saturated heterocycles. The first kappa shape index (κ1) is 15.0. The zero-order valence-electron chi connectivity index (χ0n) is 11.8. The molecule has 0 spiro atoms. The van der Waals surface area contributed by atoms with E-state index in [9.17, 15) is 4.79 Å². The molecule has 1 saturated carbocycles. The Morgan fingerprint density at radius 3 is 2.80 bits per heavy atom. The summed E-state index contributed by atoms with van der Waals surface area (Å²) in [7, 11) is 0. The van der Waals surface area contributed by atoms with E-state index in [4.69, 9.17) is 5.11 Å². The zero-order chi connectivity index (χ0) is 14.5. The average molecular weight is 295 g/mol. The zero-order valence-corrected chi connectivity index (χ0v) is 12.7. The largest absolute Gasteiger partial charge is 0.478 e. The number of carboxylic acids is 1. The van der Waals surface area contributed by atoms with Crippen molar-refractivity contribution in [2.24, 2.45) is 0 Å². The van der Waals surface area contributed by atoms with Crippen LogP contribution in [0.4, 0.5) is 11.6 Å². The van der Waals surface area contributed by atoms with Crippen LogP contribution in [-0.2, 0) is 0 Å². The minimum atomic E-state index is -0.933. The second-order valence-corrected chi connectivity index (χ2v) is 6.36. The maximum Gasteiger partial charge on any atom is 0.335 e. The lowest BCUT2D eigenvalue weighted by Gasteiger charge is -2.14. The Kier molecular flexibility index (Phi) is 5.11. The summed E-state index contributed by atoms with van der Waals surface area (Å²) < 4.78 is 0. The number of nitrogens with one attached hydrogen (secondary N) is 2. The summed E-state index contributed by atoms with van der Waals surface area (Å²) in [5.74, 6) is 1.06. The van der Waals surface area contributed by atoms with Gasteiger partial charge in [-0.25, -0.2) is 9.78 Å². The van der Waals surface area contributed by atoms with Crippen molar-refractivity contribution in [3.63, 3.8) is 0 Å². The third-order valence-corrected chi connectivity index (χ3v) is 4.43. The summed E-state index contributed by atoms with van der Waals surface area (Å²) in [6, 6.07) is 3.42. The number of hydrogen-bond donors (Lipinski definition) is 3. The Balaban J connectivity index is 2.05. The Hall–Kier alpha value is -1.43. The third-order valence-electron chi connectivity index (χ3n) is 3.18. The van der Waals surface area contributed by atoms with Crippen molar-refractivity contribution in [2.75, 3.05) is 16.5 Å². The number of pyridine rings is 1. The summed E-state index contributed by atoms with van der Waals surface area (Å²) in [6.45, 7) is 4.12. The van der Waals surface area contributed by atoms with E-state index >= 15 is 0 Å². The van der Waals surface area contributed by atoms with E-state index in [0.717, 1.165) is 17.5 Å². The Morgan fingerprint density at radius 2 is 2.20 bits per heavy atom. The summed E-state index contributed by atoms with van der Waals surface area (Å²) in [6.07, 6.45) is 3.53. The molecule has 1 aliphatic rings. The number of carbonyl (C=O) groups is 1. The van der Waals surface area contributed by atoms with E-state index in [1.54, 1.807) is 12.1 Å². The first-order valence-corrected chi connectivity index (χ1v) is 8.00. The molecule has 0 radical (unpaired) electrons. The highest BCUT2D eigenvalue weighted by Gasteiger charge is 2.21. The number of aromatic nitrogens is 1. The molecule has 0 aliphatic heterocycles. The van der Waals surface area contributed by atoms with Crippen molar-refractivity contribution in [2.45, 2.75) is 44.4 Å². The van der Waals surface area contributed by atoms with Gasteiger partial charge in [0.15, 0.2) is 0 Å². The van der Waals surface area contributed by atoms with E-state index in [1.165, 1.54) is 12.8 Å². The maximum absolute atomic E-state index is 11.2. The molecule has 1 aliphatic carbocycles. The monoisotopic (exact) mass is 295 g/mol. The Morgan fingerprint density at radius 1 is 1.50 bits per heavy atom. The summed E-state index contributed by atoms with van der Waals surface area (Å²) >= 11 is 1.86. The van der Waals surface area contributed by atoms with Gasteiger partial charge in [-0.1, -0.05) is 6.92 Å². The predicted molar refractivity (Wildman–Crippen MR) is 83.7 cm³/mol. The minimum Gasteiger partial charge on any atom is -0.478 e. The molecule has 20 heavy (non-hydrogen) atoms. The fourth-order valence-corrected chi connectivity index (χ4v) is 2.58. The number of thioether (sulfide) groups is 1. The summed E-state index contributed by atoms with van der Waals surface area (Å²) in [5.41, 5.74) is 0.254. The van der Waals surface area contributed by atoms with Crippen LogP contribution in [0.1, 0.15) is 43.5 Å². The van der Waals surface area contributed by atoms with Crippen LogP contribution in [0.25, 0.3) is 0 Å². The van der Waals surface area contributed by atoms with E-state index < -0.39 is 5.97 Å². The van der Waals surface area contributed by atoms with Crippen molar-refractivity contribution >= 4 is 29.4 Å². The molecule has 5 nitrogen and oxygen atoms in total. The summed E-state index contributed by atoms with van der Waals surface area (Å²) in [5, 5.41) is 16.3. The molecule has 1 aromatic rings. The van der Waals surface area contributed by atoms with Gasteiger partial charge in [0.25, 0.3) is 0 Å². The van der Waals surface area contributed by atoms with Gasteiger partial charge in [-0.3, -0.25) is 0 Å². The second kappa shape index (κ2) is 6.83. The normalized spacial score (nSPS) is 15.7. The highest BCUT2D eigenvalue weighted by molar-refractivity contribution is 8.00. The molecule has 1 aromatic heterocycles. The van der Waals surface area contributed by atoms with Gasteiger partial charge < -0.3 is 15.7 Å². The molecular formula is C14H21N3O2S. The lowest BCUT2D eigenvalue weighted by molar-refractivity contribution is 0.0697. The molecule has 2 rings (SSSR count). The van der Waals surface area contributed by atoms with Crippen LogP contribution in [-0.4, -0.2) is 33.2 Å². The van der Waals surface area contributed by atoms with Crippen molar-refractivity contribution in [1.29, 1.82) is 0 Å². The van der Waals surface area contributed by atoms with Crippen molar-refractivity contribution < 1.29 is 9.90 Å². The van der Waals surface area contributed by atoms with Crippen LogP contribution in [0.2, 0.25) is 0 Å². The molecule has 0 aromatic carbocycles. The lowest BCUT2D eigenvalue weighted by Crippen LogP contribution is -2.16. The first-order chi connectivity index (χ1) is 9.58. The fraction of sp³-hybridized carbons (Fsp3) is 0.571. The van der Waals surface area contributed by atoms with E-state index in [0.29, 0.717) is 11.6 Å². The fourth-order valence-electron chi connectivity index (χ4n) is 1.64. The minimum absolute atomic E-state index is 0.254. The van der Waals surface area contributed by atoms with Gasteiger partial charge in [0, 0.05) is 11.3 Å². The number of rotatable bonds is 8. The van der Waals surface area contributed by atoms with Crippen LogP contribution in [0.5, 0.6) is 0 Å². The van der Waals surface area contributed by atoms with Crippen LogP contribution in [0, 0.1) is 0 Å². The number of aromatic carboxylic acids is 1. The van der Waals surface area contributed by atoms with E-state index in [-0.39, 0.29) is 11.6 Å². The van der Waals surface area contributed by atoms with Crippen molar-refractivity contribution in [3.8, 4) is 0 Å². The van der Waals surface area contributed by atoms with Crippen molar-refractivity contribution in [1.82, 2.24) is 4.98 Å². The smallest absolute Gasteiger partial charge is 0.335 e. The molecule has 0 bridgehead atoms. The highest BCUT2D eigenvalue weighted by Crippen LogP contribution is 2.33. The molecule has 1 heterocycles. The molecule has 3 N–H and O–H groups in total. The molecule has 6 heteroatoms. The van der Waals surface area contributed by atoms with Crippen LogP contribution >= 0.6 is 11.8 Å². The van der Waals surface area contributed by atoms with Gasteiger partial charge in [0.2, 0.25) is 0 Å². The van der Waals surface area contributed by atoms with Gasteiger partial charge in [-0.15, -0.1) is 11.8 Å². The average Bonchev–Trinajstić information content (AvgIpc) is 3.22. The maximum atomic E-state index is 11.2. The topological polar surface area (TPSA) is 74.2 Å². The Bertz CT molecular complexity index is 477. The number of carboxylic acid groups (broad SMARTS) is 1. The van der Waals surface area contributed by atoms with E-state index in [1.807, 2.05) is 18.7 Å². The van der Waals surface area contributed by atoms with Crippen molar-refractivity contribution in [3.05, 3.63) is 17.7 Å². The predicted octanol–water partition coefficient (Wildman–Crippen LogP) is 3.26. The highest BCUT2D eigenvalue weighted by atomic mass is 32.2.